The van der Waals surface area contributed by atoms with E-state index in [4.69, 9.17) is 0 Å². The van der Waals surface area contributed by atoms with Gasteiger partial charge in [0.25, 0.3) is 0 Å². The third kappa shape index (κ3) is 7.78. The fourth-order valence-corrected chi connectivity index (χ4v) is 1.01. The molecule has 0 aromatic heterocycles. The molecule has 0 aromatic carbocycles. The first-order valence-corrected chi connectivity index (χ1v) is 5.09. The molecule has 0 saturated carbocycles. The predicted molar refractivity (Wildman–Crippen MR) is 55.7 cm³/mol. The SMILES string of the molecule is CCCCNCCCC(=O)N(C)C. The molecule has 0 rings (SSSR count). The van der Waals surface area contributed by atoms with Crippen molar-refractivity contribution in [1.82, 2.24) is 10.2 Å². The summed E-state index contributed by atoms with van der Waals surface area (Å²) in [5.41, 5.74) is 0. The molecular weight excluding hydrogens is 164 g/mol. The quantitative estimate of drug-likeness (QED) is 0.607. The largest absolute Gasteiger partial charge is 0.349 e. The molecule has 1 N–H and O–H groups in total. The highest BCUT2D eigenvalue weighted by molar-refractivity contribution is 5.75. The topological polar surface area (TPSA) is 32.3 Å². The molecule has 0 aliphatic rings. The van der Waals surface area contributed by atoms with Crippen molar-refractivity contribution >= 4 is 5.91 Å². The second kappa shape index (κ2) is 8.05. The molecule has 0 atom stereocenters. The number of hydrogen-bond donors (Lipinski definition) is 1. The Labute approximate surface area is 81.5 Å². The molecule has 1 amide bonds. The molecule has 0 unspecified atom stereocenters. The highest BCUT2D eigenvalue weighted by Gasteiger charge is 2.01. The lowest BCUT2D eigenvalue weighted by atomic mass is 10.2. The maximum absolute atomic E-state index is 11.1. The summed E-state index contributed by atoms with van der Waals surface area (Å²) in [5, 5.41) is 3.31. The summed E-state index contributed by atoms with van der Waals surface area (Å²) in [6, 6.07) is 0. The summed E-state index contributed by atoms with van der Waals surface area (Å²) >= 11 is 0. The van der Waals surface area contributed by atoms with Gasteiger partial charge in [0.1, 0.15) is 0 Å². The van der Waals surface area contributed by atoms with E-state index in [9.17, 15) is 4.79 Å². The smallest absolute Gasteiger partial charge is 0.222 e. The number of unbranched alkanes of at least 4 members (excludes halogenated alkanes) is 1. The molecule has 0 heterocycles. The molecule has 0 aliphatic heterocycles. The van der Waals surface area contributed by atoms with Crippen molar-refractivity contribution in [2.24, 2.45) is 0 Å². The molecule has 0 spiro atoms. The summed E-state index contributed by atoms with van der Waals surface area (Å²) in [7, 11) is 3.60. The van der Waals surface area contributed by atoms with Gasteiger partial charge >= 0.3 is 0 Å². The fraction of sp³-hybridized carbons (Fsp3) is 0.900. The van der Waals surface area contributed by atoms with Crippen LogP contribution in [0.15, 0.2) is 0 Å². The van der Waals surface area contributed by atoms with Crippen molar-refractivity contribution in [3.8, 4) is 0 Å². The summed E-state index contributed by atoms with van der Waals surface area (Å²) in [4.78, 5) is 12.8. The molecule has 13 heavy (non-hydrogen) atoms. The van der Waals surface area contributed by atoms with Crippen LogP contribution in [0.25, 0.3) is 0 Å². The van der Waals surface area contributed by atoms with Crippen LogP contribution in [0.3, 0.4) is 0 Å². The van der Waals surface area contributed by atoms with Gasteiger partial charge in [0.2, 0.25) is 5.91 Å². The Balaban J connectivity index is 3.12. The summed E-state index contributed by atoms with van der Waals surface area (Å²) < 4.78 is 0. The van der Waals surface area contributed by atoms with Gasteiger partial charge in [-0.2, -0.15) is 0 Å². The Bertz CT molecular complexity index is 135. The Kier molecular flexibility index (Phi) is 7.69. The van der Waals surface area contributed by atoms with Crippen LogP contribution in [0.5, 0.6) is 0 Å². The molecule has 0 aliphatic carbocycles. The van der Waals surface area contributed by atoms with Gasteiger partial charge in [-0.05, 0) is 25.9 Å². The minimum Gasteiger partial charge on any atom is -0.349 e. The van der Waals surface area contributed by atoms with Crippen LogP contribution in [-0.4, -0.2) is 38.0 Å². The molecule has 3 nitrogen and oxygen atoms in total. The van der Waals surface area contributed by atoms with E-state index in [1.807, 2.05) is 0 Å². The molecule has 78 valence electrons. The molecule has 0 fully saturated rings. The highest BCUT2D eigenvalue weighted by atomic mass is 16.2. The normalized spacial score (nSPS) is 10.1. The predicted octanol–water partition coefficient (Wildman–Crippen LogP) is 1.24. The summed E-state index contributed by atoms with van der Waals surface area (Å²) in [6.45, 7) is 4.21. The van der Waals surface area contributed by atoms with Gasteiger partial charge in [-0.1, -0.05) is 13.3 Å². The minimum absolute atomic E-state index is 0.220. The first kappa shape index (κ1) is 12.4. The Morgan fingerprint density at radius 1 is 1.23 bits per heavy atom. The van der Waals surface area contributed by atoms with Crippen LogP contribution in [0, 0.1) is 0 Å². The lowest BCUT2D eigenvalue weighted by Crippen LogP contribution is -2.23. The number of carbonyl (C=O) groups is 1. The third-order valence-electron chi connectivity index (χ3n) is 1.95. The third-order valence-corrected chi connectivity index (χ3v) is 1.95. The zero-order valence-electron chi connectivity index (χ0n) is 9.10. The summed E-state index contributed by atoms with van der Waals surface area (Å²) in [5.74, 6) is 0.220. The van der Waals surface area contributed by atoms with Crippen LogP contribution in [0.4, 0.5) is 0 Å². The van der Waals surface area contributed by atoms with Gasteiger partial charge < -0.3 is 10.2 Å². The van der Waals surface area contributed by atoms with Crippen molar-refractivity contribution in [2.45, 2.75) is 32.6 Å². The van der Waals surface area contributed by atoms with E-state index in [0.717, 1.165) is 19.5 Å². The molecule has 0 radical (unpaired) electrons. The van der Waals surface area contributed by atoms with Crippen molar-refractivity contribution in [3.05, 3.63) is 0 Å². The average molecular weight is 186 g/mol. The van der Waals surface area contributed by atoms with Crippen molar-refractivity contribution in [2.75, 3.05) is 27.2 Å². The van der Waals surface area contributed by atoms with Gasteiger partial charge in [0.05, 0.1) is 0 Å². The molecular formula is C10H22N2O. The standard InChI is InChI=1S/C10H22N2O/c1-4-5-8-11-9-6-7-10(13)12(2)3/h11H,4-9H2,1-3H3. The highest BCUT2D eigenvalue weighted by Crippen LogP contribution is 1.92. The van der Waals surface area contributed by atoms with Crippen LogP contribution in [0.2, 0.25) is 0 Å². The van der Waals surface area contributed by atoms with Crippen molar-refractivity contribution in [1.29, 1.82) is 0 Å². The van der Waals surface area contributed by atoms with Crippen molar-refractivity contribution in [3.63, 3.8) is 0 Å². The maximum atomic E-state index is 11.1. The van der Waals surface area contributed by atoms with Crippen LogP contribution < -0.4 is 5.32 Å². The maximum Gasteiger partial charge on any atom is 0.222 e. The summed E-state index contributed by atoms with van der Waals surface area (Å²) in [6.07, 6.45) is 4.05. The van der Waals surface area contributed by atoms with E-state index in [0.29, 0.717) is 6.42 Å². The number of carbonyl (C=O) groups excluding carboxylic acids is 1. The lowest BCUT2D eigenvalue weighted by Gasteiger charge is -2.09. The van der Waals surface area contributed by atoms with Gasteiger partial charge in [0, 0.05) is 20.5 Å². The van der Waals surface area contributed by atoms with E-state index >= 15 is 0 Å². The number of hydrogen-bond acceptors (Lipinski definition) is 2. The van der Waals surface area contributed by atoms with Crippen molar-refractivity contribution < 1.29 is 4.79 Å². The van der Waals surface area contributed by atoms with Gasteiger partial charge in [-0.15, -0.1) is 0 Å². The van der Waals surface area contributed by atoms with E-state index in [1.165, 1.54) is 12.8 Å². The Hall–Kier alpha value is -0.570. The van der Waals surface area contributed by atoms with Crippen LogP contribution in [-0.2, 0) is 4.79 Å². The lowest BCUT2D eigenvalue weighted by molar-refractivity contribution is -0.128. The van der Waals surface area contributed by atoms with Crippen LogP contribution in [0.1, 0.15) is 32.6 Å². The van der Waals surface area contributed by atoms with E-state index in [-0.39, 0.29) is 5.91 Å². The van der Waals surface area contributed by atoms with E-state index in [2.05, 4.69) is 12.2 Å². The first-order valence-electron chi connectivity index (χ1n) is 5.09. The zero-order valence-corrected chi connectivity index (χ0v) is 9.10. The Morgan fingerprint density at radius 2 is 1.85 bits per heavy atom. The minimum atomic E-state index is 0.220. The molecule has 0 aromatic rings. The average Bonchev–Trinajstić information content (AvgIpc) is 2.10. The fourth-order valence-electron chi connectivity index (χ4n) is 1.01. The van der Waals surface area contributed by atoms with Gasteiger partial charge in [0.15, 0.2) is 0 Å². The number of amides is 1. The number of nitrogens with zero attached hydrogens (tertiary/aromatic N) is 1. The number of rotatable bonds is 7. The molecule has 3 heteroatoms. The first-order chi connectivity index (χ1) is 6.18. The monoisotopic (exact) mass is 186 g/mol. The second-order valence-corrected chi connectivity index (χ2v) is 3.50. The second-order valence-electron chi connectivity index (χ2n) is 3.50. The molecule has 0 bridgehead atoms. The number of nitrogens with one attached hydrogen (secondary N) is 1. The van der Waals surface area contributed by atoms with Gasteiger partial charge in [-0.25, -0.2) is 0 Å². The van der Waals surface area contributed by atoms with Crippen LogP contribution >= 0.6 is 0 Å². The van der Waals surface area contributed by atoms with E-state index < -0.39 is 0 Å². The van der Waals surface area contributed by atoms with Gasteiger partial charge in [-0.3, -0.25) is 4.79 Å². The Morgan fingerprint density at radius 3 is 2.38 bits per heavy atom. The van der Waals surface area contributed by atoms with E-state index in [1.54, 1.807) is 19.0 Å². The molecule has 0 saturated heterocycles. The zero-order chi connectivity index (χ0) is 10.1.